The van der Waals surface area contributed by atoms with E-state index < -0.39 is 5.41 Å². The molecule has 0 spiro atoms. The molecule has 3 nitrogen and oxygen atoms in total. The zero-order valence-corrected chi connectivity index (χ0v) is 11.7. The van der Waals surface area contributed by atoms with Crippen molar-refractivity contribution in [2.45, 2.75) is 52.4 Å². The Morgan fingerprint density at radius 1 is 1.35 bits per heavy atom. The average molecular weight is 256 g/mol. The third kappa shape index (κ3) is 3.66. The van der Waals surface area contributed by atoms with E-state index in [0.717, 1.165) is 32.2 Å². The van der Waals surface area contributed by atoms with Gasteiger partial charge in [0.15, 0.2) is 0 Å². The summed E-state index contributed by atoms with van der Waals surface area (Å²) in [4.78, 5) is 12.7. The van der Waals surface area contributed by atoms with Crippen LogP contribution >= 0.6 is 12.2 Å². The van der Waals surface area contributed by atoms with Gasteiger partial charge >= 0.3 is 0 Å². The largest absolute Gasteiger partial charge is 0.392 e. The fourth-order valence-corrected chi connectivity index (χ4v) is 2.59. The molecule has 1 aliphatic carbocycles. The molecule has 0 aromatic heterocycles. The topological polar surface area (TPSA) is 55.1 Å². The summed E-state index contributed by atoms with van der Waals surface area (Å²) in [7, 11) is 0. The van der Waals surface area contributed by atoms with Gasteiger partial charge in [0.1, 0.15) is 0 Å². The second kappa shape index (κ2) is 6.34. The molecule has 0 radical (unpaired) electrons. The van der Waals surface area contributed by atoms with Crippen molar-refractivity contribution in [2.24, 2.45) is 17.1 Å². The maximum atomic E-state index is 12.3. The molecule has 0 aliphatic heterocycles. The Kier molecular flexibility index (Phi) is 5.37. The predicted molar refractivity (Wildman–Crippen MR) is 74.8 cm³/mol. The first-order valence-electron chi connectivity index (χ1n) is 6.65. The Hall–Kier alpha value is -0.640. The number of amides is 1. The quantitative estimate of drug-likeness (QED) is 0.656. The second-order valence-electron chi connectivity index (χ2n) is 5.10. The van der Waals surface area contributed by atoms with Gasteiger partial charge < -0.3 is 11.1 Å². The lowest BCUT2D eigenvalue weighted by molar-refractivity contribution is -0.128. The van der Waals surface area contributed by atoms with Crippen LogP contribution in [0.3, 0.4) is 0 Å². The SMILES string of the molecule is CCCC(CCC)(C(=O)NCC1CC1)C(N)=S. The molecular formula is C13H24N2OS. The molecule has 1 aliphatic rings. The van der Waals surface area contributed by atoms with Crippen molar-refractivity contribution in [3.63, 3.8) is 0 Å². The van der Waals surface area contributed by atoms with E-state index >= 15 is 0 Å². The lowest BCUT2D eigenvalue weighted by Crippen LogP contribution is -2.49. The predicted octanol–water partition coefficient (Wildman–Crippen LogP) is 2.39. The van der Waals surface area contributed by atoms with Crippen molar-refractivity contribution in [1.82, 2.24) is 5.32 Å². The van der Waals surface area contributed by atoms with E-state index in [0.29, 0.717) is 10.9 Å². The zero-order chi connectivity index (χ0) is 12.9. The van der Waals surface area contributed by atoms with Crippen LogP contribution in [0.25, 0.3) is 0 Å². The van der Waals surface area contributed by atoms with E-state index in [2.05, 4.69) is 19.2 Å². The molecule has 1 fully saturated rings. The van der Waals surface area contributed by atoms with Crippen LogP contribution in [0.5, 0.6) is 0 Å². The van der Waals surface area contributed by atoms with E-state index in [1.165, 1.54) is 12.8 Å². The molecule has 1 rings (SSSR count). The Morgan fingerprint density at radius 3 is 2.24 bits per heavy atom. The van der Waals surface area contributed by atoms with Crippen molar-refractivity contribution in [1.29, 1.82) is 0 Å². The molecule has 0 saturated heterocycles. The van der Waals surface area contributed by atoms with Gasteiger partial charge in [-0.05, 0) is 31.6 Å². The Morgan fingerprint density at radius 2 is 1.88 bits per heavy atom. The number of thiocarbonyl (C=S) groups is 1. The van der Waals surface area contributed by atoms with Gasteiger partial charge in [-0.25, -0.2) is 0 Å². The Bertz CT molecular complexity index is 281. The van der Waals surface area contributed by atoms with Crippen LogP contribution in [0.2, 0.25) is 0 Å². The number of carbonyl (C=O) groups is 1. The highest BCUT2D eigenvalue weighted by Crippen LogP contribution is 2.32. The van der Waals surface area contributed by atoms with Gasteiger partial charge in [-0.15, -0.1) is 0 Å². The first kappa shape index (κ1) is 14.4. The maximum absolute atomic E-state index is 12.3. The van der Waals surface area contributed by atoms with Gasteiger partial charge in [-0.2, -0.15) is 0 Å². The lowest BCUT2D eigenvalue weighted by atomic mass is 9.78. The Labute approximate surface area is 110 Å². The fourth-order valence-electron chi connectivity index (χ4n) is 2.29. The second-order valence-corrected chi connectivity index (χ2v) is 5.54. The van der Waals surface area contributed by atoms with Gasteiger partial charge in [-0.3, -0.25) is 4.79 Å². The summed E-state index contributed by atoms with van der Waals surface area (Å²) in [5.41, 5.74) is 5.22. The van der Waals surface area contributed by atoms with Crippen molar-refractivity contribution >= 4 is 23.1 Å². The number of nitrogens with one attached hydrogen (secondary N) is 1. The summed E-state index contributed by atoms with van der Waals surface area (Å²) in [5, 5.41) is 3.03. The minimum atomic E-state index is -0.617. The van der Waals surface area contributed by atoms with E-state index in [1.807, 2.05) is 0 Å². The fraction of sp³-hybridized carbons (Fsp3) is 0.846. The normalized spacial score (nSPS) is 15.6. The van der Waals surface area contributed by atoms with Crippen molar-refractivity contribution < 1.29 is 4.79 Å². The number of rotatable bonds is 8. The van der Waals surface area contributed by atoms with Crippen molar-refractivity contribution in [2.75, 3.05) is 6.54 Å². The highest BCUT2D eigenvalue weighted by atomic mass is 32.1. The van der Waals surface area contributed by atoms with E-state index in [4.69, 9.17) is 18.0 Å². The summed E-state index contributed by atoms with van der Waals surface area (Å²) >= 11 is 5.15. The number of hydrogen-bond acceptors (Lipinski definition) is 2. The lowest BCUT2D eigenvalue weighted by Gasteiger charge is -2.31. The third-order valence-corrected chi connectivity index (χ3v) is 3.90. The molecule has 1 amide bonds. The monoisotopic (exact) mass is 256 g/mol. The van der Waals surface area contributed by atoms with Crippen molar-refractivity contribution in [3.05, 3.63) is 0 Å². The summed E-state index contributed by atoms with van der Waals surface area (Å²) in [5.74, 6) is 0.729. The first-order valence-corrected chi connectivity index (χ1v) is 7.05. The molecule has 0 aromatic rings. The number of nitrogens with two attached hydrogens (primary N) is 1. The van der Waals surface area contributed by atoms with Crippen LogP contribution in [0.15, 0.2) is 0 Å². The molecule has 0 atom stereocenters. The average Bonchev–Trinajstić information content (AvgIpc) is 3.08. The van der Waals surface area contributed by atoms with Crippen LogP contribution < -0.4 is 11.1 Å². The molecular weight excluding hydrogens is 232 g/mol. The van der Waals surface area contributed by atoms with Gasteiger partial charge in [0, 0.05) is 6.54 Å². The van der Waals surface area contributed by atoms with Gasteiger partial charge in [0.2, 0.25) is 5.91 Å². The highest BCUT2D eigenvalue weighted by molar-refractivity contribution is 7.80. The van der Waals surface area contributed by atoms with Crippen LogP contribution in [0, 0.1) is 11.3 Å². The van der Waals surface area contributed by atoms with Crippen LogP contribution in [-0.4, -0.2) is 17.4 Å². The summed E-state index contributed by atoms with van der Waals surface area (Å²) in [6.45, 7) is 4.92. The summed E-state index contributed by atoms with van der Waals surface area (Å²) in [6, 6.07) is 0. The maximum Gasteiger partial charge on any atom is 0.233 e. The highest BCUT2D eigenvalue weighted by Gasteiger charge is 2.40. The molecule has 98 valence electrons. The zero-order valence-electron chi connectivity index (χ0n) is 10.9. The molecule has 0 aromatic carbocycles. The molecule has 0 bridgehead atoms. The third-order valence-electron chi connectivity index (χ3n) is 3.51. The van der Waals surface area contributed by atoms with Gasteiger partial charge in [0.05, 0.1) is 10.4 Å². The molecule has 0 heterocycles. The minimum absolute atomic E-state index is 0.0422. The van der Waals surface area contributed by atoms with E-state index in [1.54, 1.807) is 0 Å². The molecule has 0 unspecified atom stereocenters. The Balaban J connectivity index is 2.69. The van der Waals surface area contributed by atoms with Crippen LogP contribution in [-0.2, 0) is 4.79 Å². The van der Waals surface area contributed by atoms with Gasteiger partial charge in [-0.1, -0.05) is 38.9 Å². The summed E-state index contributed by atoms with van der Waals surface area (Å²) < 4.78 is 0. The molecule has 17 heavy (non-hydrogen) atoms. The molecule has 1 saturated carbocycles. The number of hydrogen-bond donors (Lipinski definition) is 2. The standard InChI is InChI=1S/C13H24N2OS/c1-3-7-13(8-4-2,11(14)17)12(16)15-9-10-5-6-10/h10H,3-9H2,1-2H3,(H2,14,17)(H,15,16). The molecule has 4 heteroatoms. The minimum Gasteiger partial charge on any atom is -0.392 e. The van der Waals surface area contributed by atoms with E-state index in [9.17, 15) is 4.79 Å². The smallest absolute Gasteiger partial charge is 0.233 e. The van der Waals surface area contributed by atoms with E-state index in [-0.39, 0.29) is 5.91 Å². The molecule has 3 N–H and O–H groups in total. The number of carbonyl (C=O) groups excluding carboxylic acids is 1. The van der Waals surface area contributed by atoms with Crippen LogP contribution in [0.4, 0.5) is 0 Å². The summed E-state index contributed by atoms with van der Waals surface area (Å²) in [6.07, 6.45) is 5.84. The van der Waals surface area contributed by atoms with Gasteiger partial charge in [0.25, 0.3) is 0 Å². The van der Waals surface area contributed by atoms with Crippen LogP contribution in [0.1, 0.15) is 52.4 Å². The first-order chi connectivity index (χ1) is 8.06. The van der Waals surface area contributed by atoms with Crippen molar-refractivity contribution in [3.8, 4) is 0 Å².